The number of carbonyl (C=O) groups excluding carboxylic acids is 1. The Morgan fingerprint density at radius 2 is 2.10 bits per heavy atom. The molecule has 1 aliphatic rings. The topological polar surface area (TPSA) is 61.8 Å². The van der Waals surface area contributed by atoms with E-state index in [0.29, 0.717) is 6.54 Å². The Hall–Kier alpha value is -0.810. The molecule has 1 saturated heterocycles. The molecule has 5 heteroatoms. The number of aliphatic hydroxyl groups excluding tert-OH is 1. The number of likely N-dealkylation sites (tertiary alicyclic amines) is 1. The lowest BCUT2D eigenvalue weighted by Gasteiger charge is -2.35. The van der Waals surface area contributed by atoms with Gasteiger partial charge in [0.25, 0.3) is 0 Å². The number of ether oxygens (including phenoxy) is 1. The molecule has 1 rings (SSSR count). The maximum absolute atomic E-state index is 12.1. The highest BCUT2D eigenvalue weighted by Crippen LogP contribution is 2.16. The lowest BCUT2D eigenvalue weighted by Crippen LogP contribution is -2.51. The fraction of sp³-hybridized carbons (Fsp3) is 0.933. The van der Waals surface area contributed by atoms with Gasteiger partial charge >= 0.3 is 6.09 Å². The Morgan fingerprint density at radius 3 is 2.65 bits per heavy atom. The van der Waals surface area contributed by atoms with Crippen molar-refractivity contribution in [1.29, 1.82) is 0 Å². The van der Waals surface area contributed by atoms with Gasteiger partial charge in [-0.2, -0.15) is 0 Å². The van der Waals surface area contributed by atoms with E-state index in [2.05, 4.69) is 12.2 Å². The van der Waals surface area contributed by atoms with E-state index in [0.717, 1.165) is 25.8 Å². The first-order valence-corrected chi connectivity index (χ1v) is 7.59. The Morgan fingerprint density at radius 1 is 1.45 bits per heavy atom. The van der Waals surface area contributed by atoms with Crippen LogP contribution in [0.4, 0.5) is 4.79 Å². The van der Waals surface area contributed by atoms with Gasteiger partial charge in [-0.1, -0.05) is 0 Å². The maximum atomic E-state index is 12.1. The molecule has 1 heterocycles. The van der Waals surface area contributed by atoms with E-state index in [1.165, 1.54) is 0 Å². The van der Waals surface area contributed by atoms with Gasteiger partial charge in [0.05, 0.1) is 6.10 Å². The average molecular weight is 286 g/mol. The van der Waals surface area contributed by atoms with Gasteiger partial charge in [-0.05, 0) is 53.9 Å². The van der Waals surface area contributed by atoms with E-state index in [-0.39, 0.29) is 24.3 Å². The van der Waals surface area contributed by atoms with Crippen molar-refractivity contribution in [1.82, 2.24) is 10.2 Å². The third-order valence-electron chi connectivity index (χ3n) is 3.29. The third-order valence-corrected chi connectivity index (χ3v) is 3.29. The molecule has 1 aliphatic heterocycles. The Kier molecular flexibility index (Phi) is 6.27. The van der Waals surface area contributed by atoms with Crippen molar-refractivity contribution in [2.45, 2.75) is 77.7 Å². The number of piperidine rings is 1. The van der Waals surface area contributed by atoms with Gasteiger partial charge in [-0.25, -0.2) is 4.79 Å². The summed E-state index contributed by atoms with van der Waals surface area (Å²) in [5.74, 6) is 0. The number of aliphatic hydroxyl groups is 1. The van der Waals surface area contributed by atoms with Crippen LogP contribution in [0.25, 0.3) is 0 Å². The van der Waals surface area contributed by atoms with Gasteiger partial charge in [0.15, 0.2) is 0 Å². The Balaban J connectivity index is 2.44. The second-order valence-corrected chi connectivity index (χ2v) is 6.92. The summed E-state index contributed by atoms with van der Waals surface area (Å²) < 4.78 is 5.41. The summed E-state index contributed by atoms with van der Waals surface area (Å²) >= 11 is 0. The van der Waals surface area contributed by atoms with Crippen molar-refractivity contribution in [3.63, 3.8) is 0 Å². The second kappa shape index (κ2) is 7.27. The summed E-state index contributed by atoms with van der Waals surface area (Å²) in [6, 6.07) is 0.531. The van der Waals surface area contributed by atoms with Crippen molar-refractivity contribution in [2.75, 3.05) is 13.1 Å². The molecule has 0 aromatic carbocycles. The van der Waals surface area contributed by atoms with Crippen molar-refractivity contribution in [3.05, 3.63) is 0 Å². The molecule has 20 heavy (non-hydrogen) atoms. The van der Waals surface area contributed by atoms with Gasteiger partial charge in [0.2, 0.25) is 0 Å². The van der Waals surface area contributed by atoms with Crippen LogP contribution >= 0.6 is 0 Å². The lowest BCUT2D eigenvalue weighted by molar-refractivity contribution is 0.0181. The highest BCUT2D eigenvalue weighted by Gasteiger charge is 2.28. The second-order valence-electron chi connectivity index (χ2n) is 6.92. The van der Waals surface area contributed by atoms with Crippen molar-refractivity contribution < 1.29 is 14.6 Å². The van der Waals surface area contributed by atoms with E-state index in [9.17, 15) is 9.90 Å². The highest BCUT2D eigenvalue weighted by molar-refractivity contribution is 5.68. The number of rotatable bonds is 4. The smallest absolute Gasteiger partial charge is 0.410 e. The average Bonchev–Trinajstić information content (AvgIpc) is 2.25. The molecule has 0 aromatic rings. The molecule has 118 valence electrons. The summed E-state index contributed by atoms with van der Waals surface area (Å²) in [6.45, 7) is 11.0. The van der Waals surface area contributed by atoms with Crippen molar-refractivity contribution >= 4 is 6.09 Å². The first kappa shape index (κ1) is 17.2. The van der Waals surface area contributed by atoms with E-state index in [1.54, 1.807) is 11.8 Å². The van der Waals surface area contributed by atoms with E-state index >= 15 is 0 Å². The zero-order chi connectivity index (χ0) is 15.3. The predicted molar refractivity (Wildman–Crippen MR) is 79.7 cm³/mol. The van der Waals surface area contributed by atoms with Crippen LogP contribution in [0.3, 0.4) is 0 Å². The molecule has 0 aromatic heterocycles. The Bertz CT molecular complexity index is 313. The minimum Gasteiger partial charge on any atom is -0.444 e. The monoisotopic (exact) mass is 286 g/mol. The number of hydrogen-bond acceptors (Lipinski definition) is 4. The van der Waals surface area contributed by atoms with Crippen LogP contribution in [-0.4, -0.2) is 53.0 Å². The number of amides is 1. The molecule has 0 spiro atoms. The number of nitrogens with zero attached hydrogens (tertiary/aromatic N) is 1. The molecular weight excluding hydrogens is 256 g/mol. The zero-order valence-corrected chi connectivity index (χ0v) is 13.5. The minimum absolute atomic E-state index is 0.229. The molecular formula is C15H30N2O3. The fourth-order valence-corrected chi connectivity index (χ4v) is 2.59. The lowest BCUT2D eigenvalue weighted by atomic mass is 10.0. The molecule has 0 bridgehead atoms. The van der Waals surface area contributed by atoms with Gasteiger partial charge in [-0.15, -0.1) is 0 Å². The van der Waals surface area contributed by atoms with Gasteiger partial charge in [0, 0.05) is 25.2 Å². The summed E-state index contributed by atoms with van der Waals surface area (Å²) in [5, 5.41) is 12.9. The third kappa shape index (κ3) is 6.57. The summed E-state index contributed by atoms with van der Waals surface area (Å²) in [6.07, 6.45) is 2.24. The first-order chi connectivity index (χ1) is 9.17. The molecule has 3 atom stereocenters. The predicted octanol–water partition coefficient (Wildman–Crippen LogP) is 2.13. The van der Waals surface area contributed by atoms with E-state index in [1.807, 2.05) is 20.8 Å². The van der Waals surface area contributed by atoms with Crippen LogP contribution < -0.4 is 5.32 Å². The molecule has 0 saturated carbocycles. The fourth-order valence-electron chi connectivity index (χ4n) is 2.59. The summed E-state index contributed by atoms with van der Waals surface area (Å²) in [4.78, 5) is 13.8. The first-order valence-electron chi connectivity index (χ1n) is 7.59. The normalized spacial score (nSPS) is 23.3. The maximum Gasteiger partial charge on any atom is 0.410 e. The van der Waals surface area contributed by atoms with E-state index in [4.69, 9.17) is 4.74 Å². The van der Waals surface area contributed by atoms with Crippen molar-refractivity contribution in [2.24, 2.45) is 0 Å². The zero-order valence-electron chi connectivity index (χ0n) is 13.5. The van der Waals surface area contributed by atoms with Gasteiger partial charge < -0.3 is 20.1 Å². The molecule has 3 unspecified atom stereocenters. The molecule has 0 radical (unpaired) electrons. The number of hydrogen-bond donors (Lipinski definition) is 2. The Labute approximate surface area is 122 Å². The highest BCUT2D eigenvalue weighted by atomic mass is 16.6. The van der Waals surface area contributed by atoms with Crippen LogP contribution in [0.2, 0.25) is 0 Å². The quantitative estimate of drug-likeness (QED) is 0.831. The summed E-state index contributed by atoms with van der Waals surface area (Å²) in [5.41, 5.74) is -0.447. The van der Waals surface area contributed by atoms with Crippen molar-refractivity contribution in [3.8, 4) is 0 Å². The van der Waals surface area contributed by atoms with Gasteiger partial charge in [-0.3, -0.25) is 0 Å². The van der Waals surface area contributed by atoms with E-state index < -0.39 is 5.60 Å². The van der Waals surface area contributed by atoms with Gasteiger partial charge in [0.1, 0.15) is 5.60 Å². The molecule has 1 amide bonds. The number of carbonyl (C=O) groups is 1. The van der Waals surface area contributed by atoms with Crippen LogP contribution in [0, 0.1) is 0 Å². The largest absolute Gasteiger partial charge is 0.444 e. The molecule has 2 N–H and O–H groups in total. The number of nitrogens with one attached hydrogen (secondary N) is 1. The van der Waals surface area contributed by atoms with Crippen LogP contribution in [0.1, 0.15) is 53.9 Å². The van der Waals surface area contributed by atoms with Crippen LogP contribution in [0.5, 0.6) is 0 Å². The van der Waals surface area contributed by atoms with Crippen LogP contribution in [-0.2, 0) is 4.74 Å². The summed E-state index contributed by atoms with van der Waals surface area (Å²) in [7, 11) is 0. The SMILES string of the molecule is CC(O)CC(C)NC1CCCN(C(=O)OC(C)(C)C)C1. The molecule has 1 fully saturated rings. The van der Waals surface area contributed by atoms with Crippen LogP contribution in [0.15, 0.2) is 0 Å². The minimum atomic E-state index is -0.447. The molecule has 0 aliphatic carbocycles. The molecule has 5 nitrogen and oxygen atoms in total. The standard InChI is InChI=1S/C15H30N2O3/c1-11(9-12(2)18)16-13-7-6-8-17(10-13)14(19)20-15(3,4)5/h11-13,16,18H,6-10H2,1-5H3.